The molecule has 0 radical (unpaired) electrons. The van der Waals surface area contributed by atoms with E-state index < -0.39 is 0 Å². The molecule has 0 amide bonds. The fourth-order valence-electron chi connectivity index (χ4n) is 2.08. The zero-order valence-corrected chi connectivity index (χ0v) is 12.2. The van der Waals surface area contributed by atoms with Gasteiger partial charge in [-0.25, -0.2) is 0 Å². The topological polar surface area (TPSA) is 70.6 Å². The number of hydrogen-bond donors (Lipinski definition) is 3. The zero-order valence-electron chi connectivity index (χ0n) is 11.4. The smallest absolute Gasteiger partial charge is 0.147 e. The normalized spacial score (nSPS) is 14.9. The summed E-state index contributed by atoms with van der Waals surface area (Å²) >= 11 is 1.72. The second-order valence-electron chi connectivity index (χ2n) is 4.63. The van der Waals surface area contributed by atoms with E-state index in [1.165, 1.54) is 4.88 Å². The van der Waals surface area contributed by atoms with Gasteiger partial charge in [0.15, 0.2) is 0 Å². The maximum Gasteiger partial charge on any atom is 0.147 e. The van der Waals surface area contributed by atoms with Crippen LogP contribution in [-0.2, 0) is 0 Å². The quantitative estimate of drug-likeness (QED) is 0.331. The minimum absolute atomic E-state index is 0.136. The second kappa shape index (κ2) is 7.07. The molecule has 0 fully saturated rings. The third-order valence-corrected chi connectivity index (χ3v) is 4.33. The Bertz CT molecular complexity index is 540. The number of rotatable bonds is 6. The Labute approximate surface area is 122 Å². The molecule has 0 bridgehead atoms. The molecule has 4 N–H and O–H groups in total. The van der Waals surface area contributed by atoms with Gasteiger partial charge in [-0.2, -0.15) is 0 Å². The van der Waals surface area contributed by atoms with Crippen LogP contribution in [0.25, 0.3) is 0 Å². The van der Waals surface area contributed by atoms with Crippen LogP contribution >= 0.6 is 11.3 Å². The van der Waals surface area contributed by atoms with Crippen LogP contribution in [0.2, 0.25) is 0 Å². The molecule has 0 aliphatic heterocycles. The van der Waals surface area contributed by atoms with E-state index in [0.29, 0.717) is 6.54 Å². The molecule has 2 atom stereocenters. The molecule has 0 aliphatic rings. The Kier molecular flexibility index (Phi) is 5.15. The van der Waals surface area contributed by atoms with Crippen LogP contribution in [0.3, 0.4) is 0 Å². The first kappa shape index (κ1) is 14.6. The summed E-state index contributed by atoms with van der Waals surface area (Å²) in [6.07, 6.45) is 0. The van der Waals surface area contributed by atoms with Crippen molar-refractivity contribution in [2.45, 2.75) is 18.9 Å². The van der Waals surface area contributed by atoms with E-state index >= 15 is 0 Å². The summed E-state index contributed by atoms with van der Waals surface area (Å²) in [5.74, 6) is 0.0886. The predicted molar refractivity (Wildman–Crippen MR) is 83.3 cm³/mol. The van der Waals surface area contributed by atoms with Gasteiger partial charge in [0.05, 0.1) is 5.92 Å². The van der Waals surface area contributed by atoms with Crippen molar-refractivity contribution >= 4 is 17.2 Å². The molecule has 1 aromatic carbocycles. The molecule has 106 valence electrons. The highest BCUT2D eigenvalue weighted by Gasteiger charge is 2.17. The van der Waals surface area contributed by atoms with Gasteiger partial charge in [-0.05, 0) is 23.9 Å². The maximum atomic E-state index is 8.95. The van der Waals surface area contributed by atoms with Gasteiger partial charge in [-0.3, -0.25) is 0 Å². The van der Waals surface area contributed by atoms with Crippen LogP contribution in [-0.4, -0.2) is 17.6 Å². The van der Waals surface area contributed by atoms with Crippen molar-refractivity contribution in [1.29, 1.82) is 0 Å². The number of nitrogens with two attached hydrogens (primary N) is 1. The van der Waals surface area contributed by atoms with Crippen LogP contribution in [0.1, 0.15) is 29.3 Å². The molecule has 0 saturated carbocycles. The lowest BCUT2D eigenvalue weighted by molar-refractivity contribution is 0.315. The van der Waals surface area contributed by atoms with E-state index in [0.717, 1.165) is 5.56 Å². The number of oxime groups is 1. The van der Waals surface area contributed by atoms with Crippen molar-refractivity contribution in [2.24, 2.45) is 10.9 Å². The standard InChI is InChI=1S/C15H19N3OS/c1-11(14-8-5-9-20-14)17-10-13(15(16)18-19)12-6-3-2-4-7-12/h2-9,11,13,17,19H,10H2,1H3,(H2,16,18). The average molecular weight is 289 g/mol. The summed E-state index contributed by atoms with van der Waals surface area (Å²) < 4.78 is 0. The lowest BCUT2D eigenvalue weighted by Crippen LogP contribution is -2.32. The van der Waals surface area contributed by atoms with E-state index in [9.17, 15) is 0 Å². The van der Waals surface area contributed by atoms with Crippen LogP contribution in [0.4, 0.5) is 0 Å². The molecular weight excluding hydrogens is 270 g/mol. The van der Waals surface area contributed by atoms with Crippen molar-refractivity contribution in [1.82, 2.24) is 5.32 Å². The molecule has 2 rings (SSSR count). The number of thiophene rings is 1. The molecule has 20 heavy (non-hydrogen) atoms. The highest BCUT2D eigenvalue weighted by molar-refractivity contribution is 7.10. The molecule has 2 aromatic rings. The third kappa shape index (κ3) is 3.59. The predicted octanol–water partition coefficient (Wildman–Crippen LogP) is 2.93. The van der Waals surface area contributed by atoms with E-state index in [4.69, 9.17) is 10.9 Å². The lowest BCUT2D eigenvalue weighted by Gasteiger charge is -2.19. The first-order valence-electron chi connectivity index (χ1n) is 6.51. The van der Waals surface area contributed by atoms with Crippen LogP contribution in [0.5, 0.6) is 0 Å². The Balaban J connectivity index is 2.06. The molecule has 2 unspecified atom stereocenters. The lowest BCUT2D eigenvalue weighted by atomic mass is 9.97. The highest BCUT2D eigenvalue weighted by atomic mass is 32.1. The highest BCUT2D eigenvalue weighted by Crippen LogP contribution is 2.20. The SMILES string of the molecule is CC(NCC(C(N)=NO)c1ccccc1)c1cccs1. The van der Waals surface area contributed by atoms with E-state index in [1.807, 2.05) is 36.4 Å². The minimum Gasteiger partial charge on any atom is -0.409 e. The van der Waals surface area contributed by atoms with Gasteiger partial charge >= 0.3 is 0 Å². The summed E-state index contributed by atoms with van der Waals surface area (Å²) in [4.78, 5) is 1.27. The number of nitrogens with zero attached hydrogens (tertiary/aromatic N) is 1. The molecule has 5 heteroatoms. The number of benzene rings is 1. The summed E-state index contributed by atoms with van der Waals surface area (Å²) in [7, 11) is 0. The Morgan fingerprint density at radius 3 is 2.65 bits per heavy atom. The summed E-state index contributed by atoms with van der Waals surface area (Å²) in [6, 6.07) is 14.2. The fourth-order valence-corrected chi connectivity index (χ4v) is 2.84. The van der Waals surface area contributed by atoms with Crippen LogP contribution in [0, 0.1) is 0 Å². The van der Waals surface area contributed by atoms with Crippen molar-refractivity contribution in [2.75, 3.05) is 6.54 Å². The number of hydrogen-bond acceptors (Lipinski definition) is 4. The third-order valence-electron chi connectivity index (χ3n) is 3.27. The summed E-state index contributed by atoms with van der Waals surface area (Å²) in [6.45, 7) is 2.74. The molecule has 0 spiro atoms. The van der Waals surface area contributed by atoms with Gasteiger partial charge in [-0.1, -0.05) is 41.6 Å². The van der Waals surface area contributed by atoms with Crippen LogP contribution < -0.4 is 11.1 Å². The zero-order chi connectivity index (χ0) is 14.4. The van der Waals surface area contributed by atoms with Crippen molar-refractivity contribution < 1.29 is 5.21 Å². The molecule has 1 heterocycles. The van der Waals surface area contributed by atoms with Gasteiger partial charge in [0.25, 0.3) is 0 Å². The van der Waals surface area contributed by atoms with Gasteiger partial charge in [-0.15, -0.1) is 11.3 Å². The van der Waals surface area contributed by atoms with Gasteiger partial charge < -0.3 is 16.3 Å². The number of nitrogens with one attached hydrogen (secondary N) is 1. The monoisotopic (exact) mass is 289 g/mol. The largest absolute Gasteiger partial charge is 0.409 e. The Hall–Kier alpha value is -1.85. The molecule has 0 saturated heterocycles. The van der Waals surface area contributed by atoms with Gasteiger partial charge in [0.1, 0.15) is 5.84 Å². The van der Waals surface area contributed by atoms with Crippen molar-refractivity contribution in [3.63, 3.8) is 0 Å². The van der Waals surface area contributed by atoms with E-state index in [1.54, 1.807) is 11.3 Å². The molecule has 4 nitrogen and oxygen atoms in total. The summed E-state index contributed by atoms with van der Waals surface area (Å²) in [5.41, 5.74) is 6.85. The van der Waals surface area contributed by atoms with E-state index in [-0.39, 0.29) is 17.8 Å². The number of amidine groups is 1. The molecule has 1 aromatic heterocycles. The van der Waals surface area contributed by atoms with E-state index in [2.05, 4.69) is 28.8 Å². The maximum absolute atomic E-state index is 8.95. The molecule has 0 aliphatic carbocycles. The minimum atomic E-state index is -0.136. The first-order valence-corrected chi connectivity index (χ1v) is 7.39. The fraction of sp³-hybridized carbons (Fsp3) is 0.267. The van der Waals surface area contributed by atoms with Crippen molar-refractivity contribution in [3.8, 4) is 0 Å². The van der Waals surface area contributed by atoms with Crippen molar-refractivity contribution in [3.05, 3.63) is 58.3 Å². The summed E-state index contributed by atoms with van der Waals surface area (Å²) in [5, 5.41) is 17.6. The Morgan fingerprint density at radius 2 is 2.05 bits per heavy atom. The van der Waals surface area contributed by atoms with Gasteiger partial charge in [0, 0.05) is 17.5 Å². The second-order valence-corrected chi connectivity index (χ2v) is 5.61. The average Bonchev–Trinajstić information content (AvgIpc) is 3.02. The first-order chi connectivity index (χ1) is 9.72. The van der Waals surface area contributed by atoms with Crippen LogP contribution in [0.15, 0.2) is 53.0 Å². The Morgan fingerprint density at radius 1 is 1.30 bits per heavy atom. The van der Waals surface area contributed by atoms with Gasteiger partial charge in [0.2, 0.25) is 0 Å². The molecular formula is C15H19N3OS.